The van der Waals surface area contributed by atoms with Crippen LogP contribution in [0, 0.1) is 0 Å². The summed E-state index contributed by atoms with van der Waals surface area (Å²) >= 11 is 0. The largest absolute Gasteiger partial charge is 0.497 e. The Morgan fingerprint density at radius 2 is 0.895 bits per heavy atom. The van der Waals surface area contributed by atoms with E-state index < -0.39 is 0 Å². The molecule has 0 aliphatic heterocycles. The second-order valence-corrected chi connectivity index (χ2v) is 15.6. The molecule has 0 bridgehead atoms. The highest BCUT2D eigenvalue weighted by Gasteiger charge is 2.35. The summed E-state index contributed by atoms with van der Waals surface area (Å²) in [6.07, 6.45) is 6.40. The normalized spacial score (nSPS) is 13.7. The lowest BCUT2D eigenvalue weighted by Crippen LogP contribution is -2.30. The van der Waals surface area contributed by atoms with Gasteiger partial charge in [0, 0.05) is 17.3 Å². The molecule has 0 aromatic heterocycles. The van der Waals surface area contributed by atoms with Crippen LogP contribution < -0.4 is 18.9 Å². The van der Waals surface area contributed by atoms with E-state index in [1.165, 1.54) is 30.4 Å². The van der Waals surface area contributed by atoms with E-state index in [0.717, 1.165) is 58.1 Å². The monoisotopic (exact) mass is 758 g/mol. The minimum absolute atomic E-state index is 0.0476. The van der Waals surface area contributed by atoms with Crippen LogP contribution in [0.3, 0.4) is 0 Å². The third-order valence-electron chi connectivity index (χ3n) is 11.3. The molecule has 0 atom stereocenters. The van der Waals surface area contributed by atoms with E-state index in [1.807, 2.05) is 97.1 Å². The topological polar surface area (TPSA) is 71.1 Å². The predicted octanol–water partition coefficient (Wildman–Crippen LogP) is 12.1. The van der Waals surface area contributed by atoms with Gasteiger partial charge in [-0.15, -0.1) is 0 Å². The first-order valence-electron chi connectivity index (χ1n) is 19.8. The number of hydrogen-bond donors (Lipinski definition) is 0. The van der Waals surface area contributed by atoms with Gasteiger partial charge in [-0.2, -0.15) is 0 Å². The van der Waals surface area contributed by atoms with Crippen molar-refractivity contribution in [3.05, 3.63) is 179 Å². The number of ether oxygens (including phenoxy) is 4. The zero-order valence-corrected chi connectivity index (χ0v) is 33.3. The standard InChI is InChI=1S/C51H50O6/c1-36(52)34-37-8-20-44(21-9-37)55-46-26-12-39(13-27-46)50(2,3)40-14-28-47(29-15-40)56-45-22-10-38(11-23-45)35-49(53)57-48-30-18-42(19-31-48)51(32-6-5-7-33-51)41-16-24-43(54-4)25-17-41/h8-31H,5-7,32-35H2,1-4H3. The number of ketones is 1. The summed E-state index contributed by atoms with van der Waals surface area (Å²) < 4.78 is 23.4. The van der Waals surface area contributed by atoms with Crippen LogP contribution in [0.15, 0.2) is 146 Å². The van der Waals surface area contributed by atoms with Crippen molar-refractivity contribution in [2.45, 2.75) is 76.5 Å². The van der Waals surface area contributed by atoms with Crippen molar-refractivity contribution in [2.24, 2.45) is 0 Å². The molecule has 290 valence electrons. The fourth-order valence-corrected chi connectivity index (χ4v) is 7.94. The van der Waals surface area contributed by atoms with Gasteiger partial charge in [-0.1, -0.05) is 106 Å². The molecule has 6 aromatic rings. The van der Waals surface area contributed by atoms with Crippen LogP contribution in [0.4, 0.5) is 0 Å². The summed E-state index contributed by atoms with van der Waals surface area (Å²) in [4.78, 5) is 24.3. The zero-order chi connectivity index (χ0) is 39.8. The van der Waals surface area contributed by atoms with Gasteiger partial charge in [-0.05, 0) is 126 Å². The van der Waals surface area contributed by atoms with Crippen LogP contribution in [0.2, 0.25) is 0 Å². The Hall–Kier alpha value is -6.14. The van der Waals surface area contributed by atoms with Gasteiger partial charge < -0.3 is 18.9 Å². The van der Waals surface area contributed by atoms with Gasteiger partial charge in [-0.3, -0.25) is 9.59 Å². The summed E-state index contributed by atoms with van der Waals surface area (Å²) in [6, 6.07) is 48.0. The van der Waals surface area contributed by atoms with Crippen molar-refractivity contribution in [1.29, 1.82) is 0 Å². The Labute approximate surface area is 336 Å². The Morgan fingerprint density at radius 1 is 0.509 bits per heavy atom. The molecule has 0 heterocycles. The molecular formula is C51H50O6. The molecule has 1 aliphatic rings. The van der Waals surface area contributed by atoms with E-state index in [1.54, 1.807) is 14.0 Å². The van der Waals surface area contributed by atoms with Crippen LogP contribution in [-0.4, -0.2) is 18.9 Å². The van der Waals surface area contributed by atoms with Gasteiger partial charge in [0.25, 0.3) is 0 Å². The van der Waals surface area contributed by atoms with Gasteiger partial charge in [0.15, 0.2) is 0 Å². The minimum atomic E-state index is -0.309. The van der Waals surface area contributed by atoms with Crippen LogP contribution in [0.25, 0.3) is 0 Å². The van der Waals surface area contributed by atoms with E-state index >= 15 is 0 Å². The molecular weight excluding hydrogens is 709 g/mol. The number of methoxy groups -OCH3 is 1. The molecule has 0 amide bonds. The summed E-state index contributed by atoms with van der Waals surface area (Å²) in [5.41, 5.74) is 6.39. The Kier molecular flexibility index (Phi) is 11.9. The number of carbonyl (C=O) groups excluding carboxylic acids is 2. The summed E-state index contributed by atoms with van der Waals surface area (Å²) in [6.45, 7) is 5.99. The van der Waals surface area contributed by atoms with Crippen LogP contribution in [0.5, 0.6) is 34.5 Å². The lowest BCUT2D eigenvalue weighted by molar-refractivity contribution is -0.133. The molecule has 7 rings (SSSR count). The summed E-state index contributed by atoms with van der Waals surface area (Å²) in [7, 11) is 1.69. The van der Waals surface area contributed by atoms with Gasteiger partial charge in [-0.25, -0.2) is 0 Å². The lowest BCUT2D eigenvalue weighted by atomic mass is 9.65. The number of hydrogen-bond acceptors (Lipinski definition) is 6. The van der Waals surface area contributed by atoms with Crippen molar-refractivity contribution in [1.82, 2.24) is 0 Å². The second kappa shape index (κ2) is 17.3. The van der Waals surface area contributed by atoms with Crippen molar-refractivity contribution >= 4 is 11.8 Å². The molecule has 0 radical (unpaired) electrons. The smallest absolute Gasteiger partial charge is 0.315 e. The van der Waals surface area contributed by atoms with Gasteiger partial charge in [0.2, 0.25) is 0 Å². The third-order valence-corrected chi connectivity index (χ3v) is 11.3. The van der Waals surface area contributed by atoms with E-state index in [0.29, 0.717) is 17.9 Å². The third kappa shape index (κ3) is 9.46. The Morgan fingerprint density at radius 3 is 1.32 bits per heavy atom. The van der Waals surface area contributed by atoms with Gasteiger partial charge in [0.05, 0.1) is 13.5 Å². The second-order valence-electron chi connectivity index (χ2n) is 15.6. The number of rotatable bonds is 14. The average molecular weight is 759 g/mol. The molecule has 1 fully saturated rings. The van der Waals surface area contributed by atoms with Crippen molar-refractivity contribution in [3.8, 4) is 34.5 Å². The molecule has 0 unspecified atom stereocenters. The van der Waals surface area contributed by atoms with Crippen LogP contribution >= 0.6 is 0 Å². The first-order valence-corrected chi connectivity index (χ1v) is 19.8. The fraction of sp³-hybridized carbons (Fsp3) is 0.255. The number of carbonyl (C=O) groups is 2. The highest BCUT2D eigenvalue weighted by molar-refractivity contribution is 5.78. The molecule has 57 heavy (non-hydrogen) atoms. The SMILES string of the molecule is COc1ccc(C2(c3ccc(OC(=O)Cc4ccc(Oc5ccc(C(C)(C)c6ccc(Oc7ccc(CC(C)=O)cc7)cc6)cc5)cc4)cc3)CCCCC2)cc1. The van der Waals surface area contributed by atoms with Crippen molar-refractivity contribution in [2.75, 3.05) is 7.11 Å². The molecule has 6 nitrogen and oxygen atoms in total. The maximum Gasteiger partial charge on any atom is 0.315 e. The van der Waals surface area contributed by atoms with Crippen molar-refractivity contribution in [3.63, 3.8) is 0 Å². The maximum atomic E-state index is 13.0. The first-order chi connectivity index (χ1) is 27.6. The molecule has 0 saturated heterocycles. The molecule has 1 saturated carbocycles. The molecule has 6 aromatic carbocycles. The molecule has 0 spiro atoms. The number of Topliss-reactive ketones (excluding diaryl/α,β-unsaturated/α-hetero) is 1. The van der Waals surface area contributed by atoms with E-state index in [2.05, 4.69) is 62.4 Å². The van der Waals surface area contributed by atoms with E-state index in [-0.39, 0.29) is 29.0 Å². The quantitative estimate of drug-likeness (QED) is 0.0814. The Balaban J connectivity index is 0.915. The van der Waals surface area contributed by atoms with Crippen LogP contribution in [-0.2, 0) is 33.3 Å². The lowest BCUT2D eigenvalue weighted by Gasteiger charge is -2.38. The molecule has 0 N–H and O–H groups in total. The Bertz CT molecular complexity index is 2250. The molecule has 1 aliphatic carbocycles. The summed E-state index contributed by atoms with van der Waals surface area (Å²) in [5.74, 6) is 4.13. The predicted molar refractivity (Wildman–Crippen MR) is 225 cm³/mol. The highest BCUT2D eigenvalue weighted by atomic mass is 16.5. The average Bonchev–Trinajstić information content (AvgIpc) is 3.23. The van der Waals surface area contributed by atoms with Gasteiger partial charge >= 0.3 is 5.97 Å². The number of esters is 1. The first kappa shape index (κ1) is 39.1. The van der Waals surface area contributed by atoms with Crippen LogP contribution in [0.1, 0.15) is 86.3 Å². The molecule has 6 heteroatoms. The zero-order valence-electron chi connectivity index (χ0n) is 33.3. The fourth-order valence-electron chi connectivity index (χ4n) is 7.94. The van der Waals surface area contributed by atoms with E-state index in [9.17, 15) is 9.59 Å². The van der Waals surface area contributed by atoms with Gasteiger partial charge in [0.1, 0.15) is 40.3 Å². The highest BCUT2D eigenvalue weighted by Crippen LogP contribution is 2.45. The van der Waals surface area contributed by atoms with E-state index in [4.69, 9.17) is 18.9 Å². The number of benzene rings is 6. The summed E-state index contributed by atoms with van der Waals surface area (Å²) in [5, 5.41) is 0. The maximum absolute atomic E-state index is 13.0. The van der Waals surface area contributed by atoms with Crippen molar-refractivity contribution < 1.29 is 28.5 Å². The minimum Gasteiger partial charge on any atom is -0.497 e.